The first-order chi connectivity index (χ1) is 15.5. The summed E-state index contributed by atoms with van der Waals surface area (Å²) in [6.07, 6.45) is 5.62. The maximum Gasteiger partial charge on any atom is 0.240 e. The van der Waals surface area contributed by atoms with Crippen molar-refractivity contribution in [2.24, 2.45) is 0 Å². The van der Waals surface area contributed by atoms with Crippen LogP contribution in [0, 0.1) is 11.3 Å². The molecule has 10 heteroatoms. The van der Waals surface area contributed by atoms with Gasteiger partial charge in [0.2, 0.25) is 16.0 Å². The van der Waals surface area contributed by atoms with Crippen molar-refractivity contribution in [2.75, 3.05) is 23.7 Å². The molecule has 3 rings (SSSR count). The van der Waals surface area contributed by atoms with Gasteiger partial charge < -0.3 is 10.6 Å². The van der Waals surface area contributed by atoms with Crippen molar-refractivity contribution in [2.45, 2.75) is 31.1 Å². The van der Waals surface area contributed by atoms with Crippen molar-refractivity contribution < 1.29 is 8.42 Å². The third-order valence-corrected chi connectivity index (χ3v) is 6.03. The number of aromatic nitrogens is 3. The van der Waals surface area contributed by atoms with Gasteiger partial charge in [-0.2, -0.15) is 10.2 Å². The Morgan fingerprint density at radius 3 is 2.56 bits per heavy atom. The molecule has 3 aromatic rings. The van der Waals surface area contributed by atoms with Crippen LogP contribution in [0.25, 0.3) is 0 Å². The summed E-state index contributed by atoms with van der Waals surface area (Å²) in [5.41, 5.74) is 1.81. The number of nitriles is 1. The highest BCUT2D eigenvalue weighted by Crippen LogP contribution is 2.19. The summed E-state index contributed by atoms with van der Waals surface area (Å²) in [7, 11) is -3.63. The molecule has 9 nitrogen and oxygen atoms in total. The van der Waals surface area contributed by atoms with Gasteiger partial charge in [-0.1, -0.05) is 19.4 Å². The Balaban J connectivity index is 1.62. The molecule has 0 saturated heterocycles. The normalized spacial score (nSPS) is 11.0. The second-order valence-electron chi connectivity index (χ2n) is 6.97. The number of nitrogens with one attached hydrogen (secondary N) is 3. The molecule has 166 valence electrons. The van der Waals surface area contributed by atoms with Crippen molar-refractivity contribution in [1.82, 2.24) is 19.7 Å². The number of benzene rings is 1. The zero-order chi connectivity index (χ0) is 22.8. The Kier molecular flexibility index (Phi) is 8.08. The lowest BCUT2D eigenvalue weighted by Crippen LogP contribution is -2.26. The second kappa shape index (κ2) is 11.2. The highest BCUT2D eigenvalue weighted by atomic mass is 32.2. The van der Waals surface area contributed by atoms with Crippen LogP contribution in [0.2, 0.25) is 0 Å². The summed E-state index contributed by atoms with van der Waals surface area (Å²) in [6.45, 7) is 3.05. The van der Waals surface area contributed by atoms with Crippen LogP contribution < -0.4 is 15.4 Å². The summed E-state index contributed by atoms with van der Waals surface area (Å²) >= 11 is 0. The van der Waals surface area contributed by atoms with E-state index in [9.17, 15) is 13.7 Å². The number of sulfonamides is 1. The molecule has 0 atom stereocenters. The summed E-state index contributed by atoms with van der Waals surface area (Å²) in [4.78, 5) is 12.9. The predicted molar refractivity (Wildman–Crippen MR) is 123 cm³/mol. The summed E-state index contributed by atoms with van der Waals surface area (Å²) in [5.74, 6) is 0.779. The average Bonchev–Trinajstić information content (AvgIpc) is 2.80. The molecule has 0 spiro atoms. The summed E-state index contributed by atoms with van der Waals surface area (Å²) < 4.78 is 27.6. The van der Waals surface area contributed by atoms with Gasteiger partial charge in [0.15, 0.2) is 0 Å². The molecule has 0 amide bonds. The SMILES string of the molecule is CCCCNc1nc(Nc2ccc(S(=O)(=O)NCCc3ccccn3)cc2)ncc1C#N. The lowest BCUT2D eigenvalue weighted by Gasteiger charge is -2.10. The van der Waals surface area contributed by atoms with E-state index in [1.54, 1.807) is 18.3 Å². The number of hydrogen-bond acceptors (Lipinski definition) is 8. The smallest absolute Gasteiger partial charge is 0.240 e. The molecule has 0 unspecified atom stereocenters. The zero-order valence-electron chi connectivity index (χ0n) is 17.7. The van der Waals surface area contributed by atoms with Crippen LogP contribution in [0.5, 0.6) is 0 Å². The highest BCUT2D eigenvalue weighted by molar-refractivity contribution is 7.89. The topological polar surface area (TPSA) is 133 Å². The van der Waals surface area contributed by atoms with E-state index in [1.165, 1.54) is 18.3 Å². The van der Waals surface area contributed by atoms with Gasteiger partial charge in [-0.05, 0) is 42.8 Å². The van der Waals surface area contributed by atoms with Crippen LogP contribution >= 0.6 is 0 Å². The molecule has 0 aliphatic rings. The lowest BCUT2D eigenvalue weighted by atomic mass is 10.3. The number of hydrogen-bond donors (Lipinski definition) is 3. The number of pyridine rings is 1. The van der Waals surface area contributed by atoms with Crippen molar-refractivity contribution in [3.05, 3.63) is 66.1 Å². The molecule has 0 saturated carbocycles. The summed E-state index contributed by atoms with van der Waals surface area (Å²) in [5, 5.41) is 15.4. The molecule has 0 radical (unpaired) electrons. The van der Waals surface area contributed by atoms with Crippen LogP contribution in [-0.2, 0) is 16.4 Å². The van der Waals surface area contributed by atoms with Crippen LogP contribution in [-0.4, -0.2) is 36.5 Å². The number of nitrogens with zero attached hydrogens (tertiary/aromatic N) is 4. The molecule has 0 aliphatic carbocycles. The average molecular weight is 452 g/mol. The van der Waals surface area contributed by atoms with Crippen molar-refractivity contribution in [3.8, 4) is 6.07 Å². The van der Waals surface area contributed by atoms with Crippen molar-refractivity contribution in [3.63, 3.8) is 0 Å². The van der Waals surface area contributed by atoms with E-state index in [-0.39, 0.29) is 11.4 Å². The van der Waals surface area contributed by atoms with Gasteiger partial charge in [0.25, 0.3) is 0 Å². The van der Waals surface area contributed by atoms with Crippen molar-refractivity contribution >= 4 is 27.5 Å². The van der Waals surface area contributed by atoms with Crippen LogP contribution in [0.1, 0.15) is 31.0 Å². The van der Waals surface area contributed by atoms with Gasteiger partial charge >= 0.3 is 0 Å². The Labute approximate surface area is 188 Å². The Bertz CT molecular complexity index is 1160. The fourth-order valence-corrected chi connectivity index (χ4v) is 3.86. The lowest BCUT2D eigenvalue weighted by molar-refractivity contribution is 0.581. The van der Waals surface area contributed by atoms with Gasteiger partial charge in [0, 0.05) is 37.1 Å². The monoisotopic (exact) mass is 451 g/mol. The largest absolute Gasteiger partial charge is 0.369 e. The van der Waals surface area contributed by atoms with E-state index >= 15 is 0 Å². The first-order valence-corrected chi connectivity index (χ1v) is 11.8. The fourth-order valence-electron chi connectivity index (χ4n) is 2.83. The number of unbranched alkanes of at least 4 members (excludes halogenated alkanes) is 1. The molecular formula is C22H25N7O2S. The third-order valence-electron chi connectivity index (χ3n) is 4.55. The van der Waals surface area contributed by atoms with Crippen LogP contribution in [0.3, 0.4) is 0 Å². The predicted octanol–water partition coefficient (Wildman–Crippen LogP) is 3.22. The molecule has 0 aliphatic heterocycles. The highest BCUT2D eigenvalue weighted by Gasteiger charge is 2.14. The summed E-state index contributed by atoms with van der Waals surface area (Å²) in [6, 6.07) is 13.9. The van der Waals surface area contributed by atoms with Gasteiger partial charge in [-0.25, -0.2) is 18.1 Å². The minimum atomic E-state index is -3.63. The van der Waals surface area contributed by atoms with E-state index in [0.29, 0.717) is 36.0 Å². The molecule has 0 bridgehead atoms. The maximum atomic E-state index is 12.5. The Morgan fingerprint density at radius 2 is 1.88 bits per heavy atom. The second-order valence-corrected chi connectivity index (χ2v) is 8.73. The quantitative estimate of drug-likeness (QED) is 0.379. The van der Waals surface area contributed by atoms with E-state index < -0.39 is 10.0 Å². The number of anilines is 3. The number of rotatable bonds is 11. The Hall–Kier alpha value is -3.55. The van der Waals surface area contributed by atoms with Gasteiger partial charge in [-0.15, -0.1) is 0 Å². The van der Waals surface area contributed by atoms with Crippen molar-refractivity contribution in [1.29, 1.82) is 5.26 Å². The maximum absolute atomic E-state index is 12.5. The fraction of sp³-hybridized carbons (Fsp3) is 0.273. The molecule has 32 heavy (non-hydrogen) atoms. The van der Waals surface area contributed by atoms with Gasteiger partial charge in [-0.3, -0.25) is 4.98 Å². The Morgan fingerprint density at radius 1 is 1.06 bits per heavy atom. The molecule has 2 heterocycles. The van der Waals surface area contributed by atoms with E-state index in [1.807, 2.05) is 18.2 Å². The first kappa shape index (κ1) is 23.1. The van der Waals surface area contributed by atoms with Crippen LogP contribution in [0.15, 0.2) is 59.8 Å². The third kappa shape index (κ3) is 6.47. The minimum absolute atomic E-state index is 0.159. The van der Waals surface area contributed by atoms with Crippen LogP contribution in [0.4, 0.5) is 17.5 Å². The van der Waals surface area contributed by atoms with Gasteiger partial charge in [0.1, 0.15) is 17.5 Å². The minimum Gasteiger partial charge on any atom is -0.369 e. The molecular weight excluding hydrogens is 426 g/mol. The van der Waals surface area contributed by atoms with E-state index in [0.717, 1.165) is 18.5 Å². The van der Waals surface area contributed by atoms with Gasteiger partial charge in [0.05, 0.1) is 11.1 Å². The standard InChI is InChI=1S/C22H25N7O2S/c1-2-3-12-25-21-17(15-23)16-26-22(29-21)28-19-7-9-20(10-8-19)32(30,31)27-14-11-18-6-4-5-13-24-18/h4-10,13,16,27H,2-3,11-12,14H2,1H3,(H2,25,26,28,29). The van der Waals surface area contributed by atoms with E-state index in [4.69, 9.17) is 0 Å². The molecule has 0 fully saturated rings. The molecule has 1 aromatic carbocycles. The molecule has 3 N–H and O–H groups in total. The molecule has 2 aromatic heterocycles. The first-order valence-electron chi connectivity index (χ1n) is 10.3. The zero-order valence-corrected chi connectivity index (χ0v) is 18.6. The van der Waals surface area contributed by atoms with E-state index in [2.05, 4.69) is 43.3 Å².